The van der Waals surface area contributed by atoms with Crippen molar-refractivity contribution in [3.63, 3.8) is 0 Å². The summed E-state index contributed by atoms with van der Waals surface area (Å²) in [4.78, 5) is 31.5. The number of amides is 3. The fourth-order valence-electron chi connectivity index (χ4n) is 4.63. The Morgan fingerprint density at radius 2 is 1.67 bits per heavy atom. The van der Waals surface area contributed by atoms with E-state index in [0.29, 0.717) is 19.0 Å². The van der Waals surface area contributed by atoms with Crippen molar-refractivity contribution >= 4 is 11.9 Å². The first-order chi connectivity index (χ1) is 13.2. The van der Waals surface area contributed by atoms with Crippen molar-refractivity contribution in [2.45, 2.75) is 44.6 Å². The van der Waals surface area contributed by atoms with E-state index in [1.165, 1.54) is 19.3 Å². The summed E-state index contributed by atoms with van der Waals surface area (Å²) >= 11 is 0. The third kappa shape index (κ3) is 4.57. The van der Waals surface area contributed by atoms with Gasteiger partial charge in [0.25, 0.3) is 0 Å². The van der Waals surface area contributed by atoms with Crippen molar-refractivity contribution in [2.24, 2.45) is 11.8 Å². The van der Waals surface area contributed by atoms with Gasteiger partial charge in [-0.1, -0.05) is 6.42 Å². The topological polar surface area (TPSA) is 65.1 Å². The molecule has 3 saturated heterocycles. The highest BCUT2D eigenvalue weighted by atomic mass is 16.5. The number of carbonyl (C=O) groups excluding carboxylic acids is 2. The molecule has 0 aromatic carbocycles. The highest BCUT2D eigenvalue weighted by Crippen LogP contribution is 2.26. The molecular weight excluding hydrogens is 344 g/mol. The highest BCUT2D eigenvalue weighted by Gasteiger charge is 2.38. The highest BCUT2D eigenvalue weighted by molar-refractivity contribution is 5.84. The van der Waals surface area contributed by atoms with Crippen molar-refractivity contribution in [3.05, 3.63) is 0 Å². The van der Waals surface area contributed by atoms with E-state index in [9.17, 15) is 9.59 Å². The summed E-state index contributed by atoms with van der Waals surface area (Å²) < 4.78 is 5.35. The second-order valence-electron chi connectivity index (χ2n) is 8.64. The quantitative estimate of drug-likeness (QED) is 0.797. The van der Waals surface area contributed by atoms with Crippen LogP contribution in [-0.2, 0) is 9.53 Å². The number of hydrogen-bond acceptors (Lipinski definition) is 4. The summed E-state index contributed by atoms with van der Waals surface area (Å²) in [6.07, 6.45) is 7.13. The molecule has 3 heterocycles. The molecule has 0 aromatic heterocycles. The van der Waals surface area contributed by atoms with Crippen LogP contribution in [0.3, 0.4) is 0 Å². The summed E-state index contributed by atoms with van der Waals surface area (Å²) in [5.74, 6) is 0.769. The monoisotopic (exact) mass is 378 g/mol. The van der Waals surface area contributed by atoms with Gasteiger partial charge in [-0.15, -0.1) is 0 Å². The molecule has 27 heavy (non-hydrogen) atoms. The van der Waals surface area contributed by atoms with Gasteiger partial charge >= 0.3 is 6.03 Å². The normalized spacial score (nSPS) is 26.2. The van der Waals surface area contributed by atoms with Crippen LogP contribution in [0.15, 0.2) is 0 Å². The minimum atomic E-state index is -0.0161. The molecule has 152 valence electrons. The minimum absolute atomic E-state index is 0.00548. The van der Waals surface area contributed by atoms with Crippen LogP contribution >= 0.6 is 0 Å². The van der Waals surface area contributed by atoms with E-state index in [-0.39, 0.29) is 17.9 Å². The zero-order valence-corrected chi connectivity index (χ0v) is 16.4. The maximum absolute atomic E-state index is 12.8. The first-order valence-corrected chi connectivity index (χ1v) is 10.8. The number of ether oxygens (including phenoxy) is 1. The third-order valence-corrected chi connectivity index (χ3v) is 6.83. The van der Waals surface area contributed by atoms with Gasteiger partial charge < -0.3 is 19.9 Å². The number of likely N-dealkylation sites (tertiary alicyclic amines) is 1. The maximum atomic E-state index is 12.8. The van der Waals surface area contributed by atoms with E-state index in [0.717, 1.165) is 71.2 Å². The number of hydrogen-bond donors (Lipinski definition) is 1. The van der Waals surface area contributed by atoms with Crippen LogP contribution in [0.1, 0.15) is 38.5 Å². The molecular formula is C20H34N4O3. The second kappa shape index (κ2) is 8.78. The second-order valence-corrected chi connectivity index (χ2v) is 8.64. The molecule has 0 spiro atoms. The summed E-state index contributed by atoms with van der Waals surface area (Å²) in [5, 5.41) is 3.03. The van der Waals surface area contributed by atoms with Crippen molar-refractivity contribution < 1.29 is 14.3 Å². The molecule has 1 N–H and O–H groups in total. The zero-order valence-electron chi connectivity index (χ0n) is 16.4. The van der Waals surface area contributed by atoms with Crippen LogP contribution in [0, 0.1) is 11.8 Å². The average Bonchev–Trinajstić information content (AvgIpc) is 2.84. The van der Waals surface area contributed by atoms with E-state index in [2.05, 4.69) is 10.2 Å². The predicted molar refractivity (Wildman–Crippen MR) is 102 cm³/mol. The van der Waals surface area contributed by atoms with Gasteiger partial charge in [-0.2, -0.15) is 0 Å². The molecule has 0 bridgehead atoms. The predicted octanol–water partition coefficient (Wildman–Crippen LogP) is 1.14. The van der Waals surface area contributed by atoms with Gasteiger partial charge in [-0.3, -0.25) is 9.69 Å². The van der Waals surface area contributed by atoms with E-state index in [4.69, 9.17) is 4.74 Å². The SMILES string of the molecule is O=C(NCC1CCOCC1)N1CC(C(=O)N2CCCN(C3CCC3)CC2)C1. The summed E-state index contributed by atoms with van der Waals surface area (Å²) in [6, 6.07) is 0.747. The molecule has 1 saturated carbocycles. The number of nitrogens with one attached hydrogen (secondary N) is 1. The van der Waals surface area contributed by atoms with E-state index >= 15 is 0 Å². The van der Waals surface area contributed by atoms with Gasteiger partial charge in [0.1, 0.15) is 0 Å². The summed E-state index contributed by atoms with van der Waals surface area (Å²) in [5.41, 5.74) is 0. The van der Waals surface area contributed by atoms with Gasteiger partial charge in [0.15, 0.2) is 0 Å². The van der Waals surface area contributed by atoms with Gasteiger partial charge in [-0.25, -0.2) is 4.79 Å². The van der Waals surface area contributed by atoms with Crippen LogP contribution in [0.5, 0.6) is 0 Å². The average molecular weight is 379 g/mol. The Morgan fingerprint density at radius 1 is 0.889 bits per heavy atom. The Morgan fingerprint density at radius 3 is 2.37 bits per heavy atom. The Labute approximate surface area is 162 Å². The molecule has 7 nitrogen and oxygen atoms in total. The molecule has 1 aliphatic carbocycles. The largest absolute Gasteiger partial charge is 0.381 e. The zero-order chi connectivity index (χ0) is 18.6. The van der Waals surface area contributed by atoms with Crippen LogP contribution in [0.25, 0.3) is 0 Å². The molecule has 7 heteroatoms. The molecule has 4 aliphatic rings. The van der Waals surface area contributed by atoms with Gasteiger partial charge in [0, 0.05) is 65.1 Å². The molecule has 4 rings (SSSR count). The van der Waals surface area contributed by atoms with Crippen molar-refractivity contribution in [2.75, 3.05) is 59.0 Å². The van der Waals surface area contributed by atoms with Crippen molar-refractivity contribution in [1.29, 1.82) is 0 Å². The molecule has 4 fully saturated rings. The molecule has 0 radical (unpaired) electrons. The maximum Gasteiger partial charge on any atom is 0.317 e. The van der Waals surface area contributed by atoms with Crippen molar-refractivity contribution in [3.8, 4) is 0 Å². The van der Waals surface area contributed by atoms with E-state index in [1.54, 1.807) is 4.90 Å². The number of urea groups is 1. The molecule has 0 aromatic rings. The van der Waals surface area contributed by atoms with Gasteiger partial charge in [0.05, 0.1) is 5.92 Å². The summed E-state index contributed by atoms with van der Waals surface area (Å²) in [7, 11) is 0. The lowest BCUT2D eigenvalue weighted by molar-refractivity contribution is -0.139. The summed E-state index contributed by atoms with van der Waals surface area (Å²) in [6.45, 7) is 7.32. The molecule has 0 atom stereocenters. The lowest BCUT2D eigenvalue weighted by Gasteiger charge is -2.40. The van der Waals surface area contributed by atoms with Crippen LogP contribution in [0.4, 0.5) is 4.79 Å². The number of rotatable bonds is 4. The number of carbonyl (C=O) groups is 2. The van der Waals surface area contributed by atoms with Crippen molar-refractivity contribution in [1.82, 2.24) is 20.0 Å². The standard InChI is InChI=1S/C20H34N4O3/c25-19(23-8-2-7-22(9-10-23)18-3-1-4-18)17-14-24(15-17)20(26)21-13-16-5-11-27-12-6-16/h16-18H,1-15H2,(H,21,26). The van der Waals surface area contributed by atoms with Gasteiger partial charge in [0.2, 0.25) is 5.91 Å². The van der Waals surface area contributed by atoms with E-state index < -0.39 is 0 Å². The Kier molecular flexibility index (Phi) is 6.18. The lowest BCUT2D eigenvalue weighted by atomic mass is 9.91. The van der Waals surface area contributed by atoms with Crippen LogP contribution < -0.4 is 5.32 Å². The molecule has 3 aliphatic heterocycles. The Bertz CT molecular complexity index is 527. The lowest BCUT2D eigenvalue weighted by Crippen LogP contribution is -2.59. The fourth-order valence-corrected chi connectivity index (χ4v) is 4.63. The van der Waals surface area contributed by atoms with E-state index in [1.807, 2.05) is 4.90 Å². The third-order valence-electron chi connectivity index (χ3n) is 6.83. The minimum Gasteiger partial charge on any atom is -0.381 e. The first-order valence-electron chi connectivity index (χ1n) is 10.8. The molecule has 3 amide bonds. The van der Waals surface area contributed by atoms with Crippen LogP contribution in [-0.4, -0.2) is 91.7 Å². The van der Waals surface area contributed by atoms with Crippen LogP contribution in [0.2, 0.25) is 0 Å². The Hall–Kier alpha value is -1.34. The molecule has 0 unspecified atom stereocenters. The van der Waals surface area contributed by atoms with Gasteiger partial charge in [-0.05, 0) is 38.0 Å². The number of nitrogens with zero attached hydrogens (tertiary/aromatic N) is 3. The Balaban J connectivity index is 1.16. The smallest absolute Gasteiger partial charge is 0.317 e. The fraction of sp³-hybridized carbons (Fsp3) is 0.900. The first kappa shape index (κ1) is 19.0.